The summed E-state index contributed by atoms with van der Waals surface area (Å²) < 4.78 is 23.4. The molecule has 0 radical (unpaired) electrons. The molecule has 0 saturated heterocycles. The zero-order chi connectivity index (χ0) is 12.9. The number of sulfone groups is 1. The van der Waals surface area contributed by atoms with Gasteiger partial charge in [0.05, 0.1) is 5.75 Å². The molecule has 0 aromatic heterocycles. The molecule has 17 heavy (non-hydrogen) atoms. The Bertz CT molecular complexity index is 457. The van der Waals surface area contributed by atoms with Crippen molar-refractivity contribution in [2.24, 2.45) is 5.92 Å². The van der Waals surface area contributed by atoms with Gasteiger partial charge in [-0.15, -0.1) is 0 Å². The lowest BCUT2D eigenvalue weighted by molar-refractivity contribution is 0.554. The van der Waals surface area contributed by atoms with Gasteiger partial charge in [0, 0.05) is 16.1 Å². The SMILES string of the molecule is CS(=O)(=O)CCC(CBr)Cc1ccccc1Br. The smallest absolute Gasteiger partial charge is 0.147 e. The topological polar surface area (TPSA) is 34.1 Å². The van der Waals surface area contributed by atoms with Crippen molar-refractivity contribution in [2.75, 3.05) is 17.3 Å². The summed E-state index contributed by atoms with van der Waals surface area (Å²) in [5.74, 6) is 0.608. The first kappa shape index (κ1) is 15.2. The molecule has 0 amide bonds. The van der Waals surface area contributed by atoms with Crippen LogP contribution in [0.15, 0.2) is 28.7 Å². The Kier molecular flexibility index (Phi) is 6.17. The first-order chi connectivity index (χ1) is 7.92. The van der Waals surface area contributed by atoms with Gasteiger partial charge in [-0.2, -0.15) is 0 Å². The van der Waals surface area contributed by atoms with Crippen LogP contribution >= 0.6 is 31.9 Å². The van der Waals surface area contributed by atoms with Crippen molar-refractivity contribution in [2.45, 2.75) is 12.8 Å². The van der Waals surface area contributed by atoms with Crippen LogP contribution in [-0.2, 0) is 16.3 Å². The zero-order valence-corrected chi connectivity index (χ0v) is 13.7. The van der Waals surface area contributed by atoms with E-state index in [-0.39, 0.29) is 5.75 Å². The van der Waals surface area contributed by atoms with E-state index in [0.717, 1.165) is 16.2 Å². The van der Waals surface area contributed by atoms with Crippen molar-refractivity contribution in [3.05, 3.63) is 34.3 Å². The Balaban J connectivity index is 2.61. The summed E-state index contributed by atoms with van der Waals surface area (Å²) in [6, 6.07) is 8.06. The minimum Gasteiger partial charge on any atom is -0.229 e. The number of hydrogen-bond acceptors (Lipinski definition) is 2. The van der Waals surface area contributed by atoms with Crippen molar-refractivity contribution in [1.29, 1.82) is 0 Å². The fourth-order valence-corrected chi connectivity index (χ4v) is 3.35. The van der Waals surface area contributed by atoms with Gasteiger partial charge in [-0.1, -0.05) is 50.1 Å². The van der Waals surface area contributed by atoms with Gasteiger partial charge in [0.25, 0.3) is 0 Å². The number of halogens is 2. The first-order valence-corrected chi connectivity index (χ1v) is 9.37. The fraction of sp³-hybridized carbons (Fsp3) is 0.500. The monoisotopic (exact) mass is 382 g/mol. The average Bonchev–Trinajstić information content (AvgIpc) is 2.25. The van der Waals surface area contributed by atoms with Gasteiger partial charge in [-0.05, 0) is 30.4 Å². The second-order valence-corrected chi connectivity index (χ2v) is 8.00. The molecule has 1 atom stereocenters. The standard InChI is InChI=1S/C12H16Br2O2S/c1-17(15,16)7-6-10(9-13)8-11-4-2-3-5-12(11)14/h2-5,10H,6-9H2,1H3. The van der Waals surface area contributed by atoms with Gasteiger partial charge in [0.1, 0.15) is 9.84 Å². The van der Waals surface area contributed by atoms with E-state index in [4.69, 9.17) is 0 Å². The van der Waals surface area contributed by atoms with Crippen LogP contribution in [-0.4, -0.2) is 25.8 Å². The molecule has 0 N–H and O–H groups in total. The Hall–Kier alpha value is 0.130. The van der Waals surface area contributed by atoms with Crippen LogP contribution in [0.25, 0.3) is 0 Å². The van der Waals surface area contributed by atoms with E-state index in [9.17, 15) is 8.42 Å². The zero-order valence-electron chi connectivity index (χ0n) is 9.70. The van der Waals surface area contributed by atoms with Crippen LogP contribution in [0.2, 0.25) is 0 Å². The molecule has 1 rings (SSSR count). The third-order valence-corrected chi connectivity index (χ3v) is 5.25. The molecule has 1 aromatic carbocycles. The minimum absolute atomic E-state index is 0.258. The third-order valence-electron chi connectivity index (χ3n) is 2.58. The quantitative estimate of drug-likeness (QED) is 0.705. The predicted octanol–water partition coefficient (Wildman–Crippen LogP) is 3.44. The Morgan fingerprint density at radius 1 is 1.29 bits per heavy atom. The Morgan fingerprint density at radius 3 is 2.47 bits per heavy atom. The van der Waals surface area contributed by atoms with Crippen LogP contribution in [0, 0.1) is 5.92 Å². The molecule has 1 unspecified atom stereocenters. The summed E-state index contributed by atoms with van der Waals surface area (Å²) in [5, 5.41) is 0.823. The summed E-state index contributed by atoms with van der Waals surface area (Å²) >= 11 is 6.97. The highest BCUT2D eigenvalue weighted by molar-refractivity contribution is 9.10. The molecule has 96 valence electrons. The number of hydrogen-bond donors (Lipinski definition) is 0. The molecule has 0 aliphatic carbocycles. The van der Waals surface area contributed by atoms with Gasteiger partial charge in [-0.3, -0.25) is 0 Å². The van der Waals surface area contributed by atoms with E-state index in [2.05, 4.69) is 37.9 Å². The van der Waals surface area contributed by atoms with Gasteiger partial charge >= 0.3 is 0 Å². The van der Waals surface area contributed by atoms with Crippen LogP contribution in [0.5, 0.6) is 0 Å². The van der Waals surface area contributed by atoms with E-state index in [1.807, 2.05) is 18.2 Å². The van der Waals surface area contributed by atoms with Crippen LogP contribution in [0.3, 0.4) is 0 Å². The molecule has 5 heteroatoms. The van der Waals surface area contributed by atoms with E-state index in [1.165, 1.54) is 11.8 Å². The molecular formula is C12H16Br2O2S. The molecule has 1 aromatic rings. The number of rotatable bonds is 6. The highest BCUT2D eigenvalue weighted by Crippen LogP contribution is 2.22. The number of alkyl halides is 1. The van der Waals surface area contributed by atoms with Crippen molar-refractivity contribution < 1.29 is 8.42 Å². The number of benzene rings is 1. The molecule has 0 spiro atoms. The lowest BCUT2D eigenvalue weighted by atomic mass is 9.99. The summed E-state index contributed by atoms with van der Waals surface area (Å²) in [7, 11) is -2.86. The van der Waals surface area contributed by atoms with E-state index >= 15 is 0 Å². The highest BCUT2D eigenvalue weighted by Gasteiger charge is 2.13. The van der Waals surface area contributed by atoms with E-state index < -0.39 is 9.84 Å². The largest absolute Gasteiger partial charge is 0.229 e. The molecule has 0 aliphatic heterocycles. The molecular weight excluding hydrogens is 368 g/mol. The molecule has 0 aliphatic rings. The lowest BCUT2D eigenvalue weighted by Gasteiger charge is -2.14. The average molecular weight is 384 g/mol. The Morgan fingerprint density at radius 2 is 1.94 bits per heavy atom. The maximum Gasteiger partial charge on any atom is 0.147 e. The minimum atomic E-state index is -2.86. The second kappa shape index (κ2) is 6.90. The van der Waals surface area contributed by atoms with E-state index in [0.29, 0.717) is 12.3 Å². The molecule has 0 heterocycles. The van der Waals surface area contributed by atoms with Crippen molar-refractivity contribution in [1.82, 2.24) is 0 Å². The van der Waals surface area contributed by atoms with Crippen molar-refractivity contribution in [3.8, 4) is 0 Å². The molecule has 2 nitrogen and oxygen atoms in total. The van der Waals surface area contributed by atoms with Crippen molar-refractivity contribution in [3.63, 3.8) is 0 Å². The molecule has 0 bridgehead atoms. The second-order valence-electron chi connectivity index (χ2n) is 4.23. The summed E-state index contributed by atoms with van der Waals surface area (Å²) in [5.41, 5.74) is 1.23. The lowest BCUT2D eigenvalue weighted by Crippen LogP contribution is -2.13. The highest BCUT2D eigenvalue weighted by atomic mass is 79.9. The van der Waals surface area contributed by atoms with Gasteiger partial charge in [0.2, 0.25) is 0 Å². The molecule has 0 saturated carbocycles. The van der Waals surface area contributed by atoms with Gasteiger partial charge < -0.3 is 0 Å². The summed E-state index contributed by atoms with van der Waals surface area (Å²) in [6.07, 6.45) is 2.88. The normalized spacial score (nSPS) is 13.6. The van der Waals surface area contributed by atoms with Crippen LogP contribution < -0.4 is 0 Å². The maximum atomic E-state index is 11.1. The Labute approximate surface area is 120 Å². The van der Waals surface area contributed by atoms with E-state index in [1.54, 1.807) is 0 Å². The third kappa shape index (κ3) is 6.02. The fourth-order valence-electron chi connectivity index (χ4n) is 1.59. The first-order valence-electron chi connectivity index (χ1n) is 5.39. The van der Waals surface area contributed by atoms with Crippen molar-refractivity contribution >= 4 is 41.7 Å². The van der Waals surface area contributed by atoms with Crippen LogP contribution in [0.1, 0.15) is 12.0 Å². The predicted molar refractivity (Wildman–Crippen MR) is 79.5 cm³/mol. The summed E-state index contributed by atoms with van der Waals surface area (Å²) in [4.78, 5) is 0. The van der Waals surface area contributed by atoms with Gasteiger partial charge in [-0.25, -0.2) is 8.42 Å². The van der Waals surface area contributed by atoms with Crippen LogP contribution in [0.4, 0.5) is 0 Å². The maximum absolute atomic E-state index is 11.1. The van der Waals surface area contributed by atoms with Gasteiger partial charge in [0.15, 0.2) is 0 Å². The molecule has 0 fully saturated rings. The summed E-state index contributed by atoms with van der Waals surface area (Å²) in [6.45, 7) is 0.